The van der Waals surface area contributed by atoms with Crippen LogP contribution >= 0.6 is 11.3 Å². The number of aromatic nitrogens is 1. The molecule has 1 aromatic carbocycles. The second-order valence-electron chi connectivity index (χ2n) is 4.82. The highest BCUT2D eigenvalue weighted by Crippen LogP contribution is 2.35. The molecule has 0 fully saturated rings. The van der Waals surface area contributed by atoms with Crippen LogP contribution in [0.2, 0.25) is 0 Å². The number of para-hydroxylation sites is 1. The van der Waals surface area contributed by atoms with E-state index in [9.17, 15) is 0 Å². The fourth-order valence-electron chi connectivity index (χ4n) is 2.43. The van der Waals surface area contributed by atoms with Gasteiger partial charge in [0.1, 0.15) is 0 Å². The van der Waals surface area contributed by atoms with Crippen molar-refractivity contribution in [1.82, 2.24) is 10.3 Å². The summed E-state index contributed by atoms with van der Waals surface area (Å²) in [6.45, 7) is 3.42. The molecule has 0 unspecified atom stereocenters. The van der Waals surface area contributed by atoms with Crippen molar-refractivity contribution in [1.29, 1.82) is 0 Å². The number of ether oxygens (including phenoxy) is 1. The van der Waals surface area contributed by atoms with E-state index in [4.69, 9.17) is 9.72 Å². The molecule has 0 saturated heterocycles. The molecule has 1 aromatic heterocycles. The van der Waals surface area contributed by atoms with Crippen molar-refractivity contribution in [2.45, 2.75) is 13.0 Å². The van der Waals surface area contributed by atoms with Gasteiger partial charge in [-0.05, 0) is 18.1 Å². The number of rotatable bonds is 6. The quantitative estimate of drug-likeness (QED) is 0.829. The Balaban J connectivity index is 1.66. The van der Waals surface area contributed by atoms with E-state index in [1.165, 1.54) is 11.3 Å². The Morgan fingerprint density at radius 3 is 3.20 bits per heavy atom. The normalized spacial score (nSPS) is 13.8. The molecule has 2 aromatic rings. The van der Waals surface area contributed by atoms with E-state index >= 15 is 0 Å². The van der Waals surface area contributed by atoms with Gasteiger partial charge in [-0.15, -0.1) is 11.3 Å². The molecule has 1 aliphatic heterocycles. The van der Waals surface area contributed by atoms with E-state index in [2.05, 4.69) is 39.9 Å². The molecule has 0 aliphatic carbocycles. The number of anilines is 2. The number of benzene rings is 1. The summed E-state index contributed by atoms with van der Waals surface area (Å²) in [5, 5.41) is 6.56. The second-order valence-corrected chi connectivity index (χ2v) is 5.66. The van der Waals surface area contributed by atoms with Gasteiger partial charge in [-0.1, -0.05) is 18.2 Å². The molecule has 0 atom stereocenters. The molecule has 4 nitrogen and oxygen atoms in total. The van der Waals surface area contributed by atoms with Crippen LogP contribution < -0.4 is 10.2 Å². The summed E-state index contributed by atoms with van der Waals surface area (Å²) in [4.78, 5) is 7.05. The number of nitrogens with zero attached hydrogens (tertiary/aromatic N) is 2. The van der Waals surface area contributed by atoms with E-state index in [-0.39, 0.29) is 0 Å². The van der Waals surface area contributed by atoms with Crippen LogP contribution in [0.25, 0.3) is 0 Å². The van der Waals surface area contributed by atoms with E-state index in [1.807, 2.05) is 0 Å². The van der Waals surface area contributed by atoms with Gasteiger partial charge >= 0.3 is 0 Å². The molecule has 0 radical (unpaired) electrons. The third-order valence-electron chi connectivity index (χ3n) is 3.45. The fourth-order valence-corrected chi connectivity index (χ4v) is 3.29. The Kier molecular flexibility index (Phi) is 4.30. The first-order valence-electron chi connectivity index (χ1n) is 6.88. The zero-order valence-electron chi connectivity index (χ0n) is 11.6. The smallest absolute Gasteiger partial charge is 0.190 e. The van der Waals surface area contributed by atoms with Crippen molar-refractivity contribution in [3.05, 3.63) is 40.9 Å². The van der Waals surface area contributed by atoms with Crippen molar-refractivity contribution >= 4 is 22.2 Å². The summed E-state index contributed by atoms with van der Waals surface area (Å²) >= 11 is 1.72. The summed E-state index contributed by atoms with van der Waals surface area (Å²) in [6.07, 6.45) is 1.11. The molecule has 20 heavy (non-hydrogen) atoms. The Morgan fingerprint density at radius 2 is 2.30 bits per heavy atom. The van der Waals surface area contributed by atoms with Gasteiger partial charge in [-0.3, -0.25) is 0 Å². The maximum absolute atomic E-state index is 5.02. The van der Waals surface area contributed by atoms with Gasteiger partial charge in [-0.25, -0.2) is 4.98 Å². The fraction of sp³-hybridized carbons (Fsp3) is 0.400. The molecule has 106 valence electrons. The largest absolute Gasteiger partial charge is 0.383 e. The maximum atomic E-state index is 5.02. The van der Waals surface area contributed by atoms with Crippen LogP contribution in [0.4, 0.5) is 10.8 Å². The molecule has 3 rings (SSSR count). The number of hydrogen-bond acceptors (Lipinski definition) is 5. The monoisotopic (exact) mass is 289 g/mol. The van der Waals surface area contributed by atoms with Crippen LogP contribution in [-0.4, -0.2) is 31.8 Å². The van der Waals surface area contributed by atoms with Crippen LogP contribution in [0.1, 0.15) is 11.3 Å². The molecule has 5 heteroatoms. The van der Waals surface area contributed by atoms with Crippen LogP contribution in [0, 0.1) is 0 Å². The van der Waals surface area contributed by atoms with Crippen LogP contribution in [0.3, 0.4) is 0 Å². The van der Waals surface area contributed by atoms with Gasteiger partial charge in [0.2, 0.25) is 0 Å². The Hall–Kier alpha value is -1.43. The molecule has 0 spiro atoms. The summed E-state index contributed by atoms with van der Waals surface area (Å²) in [5.74, 6) is 0. The van der Waals surface area contributed by atoms with Crippen LogP contribution in [0.15, 0.2) is 29.6 Å². The van der Waals surface area contributed by atoms with Gasteiger partial charge in [0.15, 0.2) is 5.13 Å². The predicted octanol–water partition coefficient (Wildman–Crippen LogP) is 2.57. The summed E-state index contributed by atoms with van der Waals surface area (Å²) in [6, 6.07) is 8.59. The SMILES string of the molecule is COCCNCc1csc(N2CCc3ccccc32)n1. The third-order valence-corrected chi connectivity index (χ3v) is 4.36. The Bertz CT molecular complexity index is 570. The minimum Gasteiger partial charge on any atom is -0.383 e. The van der Waals surface area contributed by atoms with Gasteiger partial charge in [-0.2, -0.15) is 0 Å². The summed E-state index contributed by atoms with van der Waals surface area (Å²) < 4.78 is 5.02. The van der Waals surface area contributed by atoms with Crippen molar-refractivity contribution in [2.24, 2.45) is 0 Å². The highest BCUT2D eigenvalue weighted by atomic mass is 32.1. The van der Waals surface area contributed by atoms with E-state index < -0.39 is 0 Å². The lowest BCUT2D eigenvalue weighted by Gasteiger charge is -2.15. The molecule has 0 amide bonds. The number of methoxy groups -OCH3 is 1. The third kappa shape index (κ3) is 2.85. The molecule has 1 aliphatic rings. The number of thiazole rings is 1. The van der Waals surface area contributed by atoms with Crippen LogP contribution in [-0.2, 0) is 17.7 Å². The minimum absolute atomic E-state index is 0.733. The van der Waals surface area contributed by atoms with Gasteiger partial charge in [0, 0.05) is 37.8 Å². The first-order valence-corrected chi connectivity index (χ1v) is 7.76. The Morgan fingerprint density at radius 1 is 1.40 bits per heavy atom. The molecular weight excluding hydrogens is 270 g/mol. The zero-order chi connectivity index (χ0) is 13.8. The van der Waals surface area contributed by atoms with Gasteiger partial charge in [0.05, 0.1) is 12.3 Å². The van der Waals surface area contributed by atoms with E-state index in [0.717, 1.165) is 43.5 Å². The second kappa shape index (κ2) is 6.35. The molecule has 1 N–H and O–H groups in total. The van der Waals surface area contributed by atoms with Crippen LogP contribution in [0.5, 0.6) is 0 Å². The average Bonchev–Trinajstić information content (AvgIpc) is 3.10. The lowest BCUT2D eigenvalue weighted by atomic mass is 10.2. The molecular formula is C15H19N3OS. The highest BCUT2D eigenvalue weighted by Gasteiger charge is 2.21. The topological polar surface area (TPSA) is 37.4 Å². The molecule has 2 heterocycles. The molecule has 0 bridgehead atoms. The van der Waals surface area contributed by atoms with Crippen molar-refractivity contribution in [3.8, 4) is 0 Å². The average molecular weight is 289 g/mol. The Labute approximate surface area is 123 Å². The zero-order valence-corrected chi connectivity index (χ0v) is 12.4. The first-order chi connectivity index (χ1) is 9.88. The lowest BCUT2D eigenvalue weighted by Crippen LogP contribution is -2.19. The first kappa shape index (κ1) is 13.5. The number of hydrogen-bond donors (Lipinski definition) is 1. The van der Waals surface area contributed by atoms with Crippen molar-refractivity contribution in [2.75, 3.05) is 31.7 Å². The van der Waals surface area contributed by atoms with Gasteiger partial charge in [0.25, 0.3) is 0 Å². The standard InChI is InChI=1S/C15H19N3OS/c1-19-9-7-16-10-13-11-20-15(17-13)18-8-6-12-4-2-3-5-14(12)18/h2-5,11,16H,6-10H2,1H3. The van der Waals surface area contributed by atoms with Crippen molar-refractivity contribution < 1.29 is 4.74 Å². The number of nitrogens with one attached hydrogen (secondary N) is 1. The van der Waals surface area contributed by atoms with E-state index in [1.54, 1.807) is 18.4 Å². The summed E-state index contributed by atoms with van der Waals surface area (Å²) in [5.41, 5.74) is 3.83. The van der Waals surface area contributed by atoms with Gasteiger partial charge < -0.3 is 15.0 Å². The van der Waals surface area contributed by atoms with Crippen molar-refractivity contribution in [3.63, 3.8) is 0 Å². The minimum atomic E-state index is 0.733. The number of fused-ring (bicyclic) bond motifs is 1. The molecule has 0 saturated carbocycles. The lowest BCUT2D eigenvalue weighted by molar-refractivity contribution is 0.199. The highest BCUT2D eigenvalue weighted by molar-refractivity contribution is 7.13. The summed E-state index contributed by atoms with van der Waals surface area (Å²) in [7, 11) is 1.72. The predicted molar refractivity (Wildman–Crippen MR) is 82.8 cm³/mol. The van der Waals surface area contributed by atoms with E-state index in [0.29, 0.717) is 0 Å². The maximum Gasteiger partial charge on any atom is 0.190 e.